The van der Waals surface area contributed by atoms with Crippen LogP contribution in [0.15, 0.2) is 71.1 Å². The molecule has 0 radical (unpaired) electrons. The maximum absolute atomic E-state index is 5.91. The smallest absolute Gasteiger partial charge is 0.151 e. The van der Waals surface area contributed by atoms with Gasteiger partial charge in [0.2, 0.25) is 0 Å². The summed E-state index contributed by atoms with van der Waals surface area (Å²) in [7, 11) is 0. The van der Waals surface area contributed by atoms with E-state index < -0.39 is 0 Å². The first kappa shape index (κ1) is 19.8. The number of hydrazone groups is 2. The molecule has 0 aliphatic rings. The van der Waals surface area contributed by atoms with Crippen molar-refractivity contribution in [2.75, 3.05) is 10.9 Å². The number of nitrogens with zero attached hydrogens (tertiary/aromatic N) is 4. The van der Waals surface area contributed by atoms with E-state index in [4.69, 9.17) is 23.2 Å². The minimum absolute atomic E-state index is 0.546. The third-order valence-corrected chi connectivity index (χ3v) is 4.37. The van der Waals surface area contributed by atoms with Crippen LogP contribution in [0.1, 0.15) is 25.0 Å². The molecule has 8 heteroatoms. The van der Waals surface area contributed by atoms with E-state index in [-0.39, 0.29) is 0 Å². The van der Waals surface area contributed by atoms with E-state index in [9.17, 15) is 0 Å². The van der Waals surface area contributed by atoms with Gasteiger partial charge in [0.1, 0.15) is 6.33 Å². The zero-order chi connectivity index (χ0) is 19.9. The molecular formula is C20H18Cl2N6. The molecule has 0 saturated carbocycles. The highest BCUT2D eigenvalue weighted by Gasteiger charge is 2.01. The summed E-state index contributed by atoms with van der Waals surface area (Å²) in [5.74, 6) is 1.09. The van der Waals surface area contributed by atoms with E-state index in [1.54, 1.807) is 6.07 Å². The third kappa shape index (κ3) is 5.52. The predicted octanol–water partition coefficient (Wildman–Crippen LogP) is 5.46. The van der Waals surface area contributed by atoms with Gasteiger partial charge in [0.15, 0.2) is 11.6 Å². The Morgan fingerprint density at radius 2 is 1.11 bits per heavy atom. The standard InChI is InChI=1S/C20H18Cl2N6/c1-13(15-3-7-17(21)8-4-15)25-27-19-11-20(24-12-23-19)28-26-14(2)16-5-9-18(22)10-6-16/h3-12H,1-2H3,(H2,23,24,27,28). The zero-order valence-electron chi connectivity index (χ0n) is 15.3. The van der Waals surface area contributed by atoms with Crippen LogP contribution in [0.2, 0.25) is 10.0 Å². The van der Waals surface area contributed by atoms with Gasteiger partial charge in [-0.3, -0.25) is 10.9 Å². The molecule has 6 nitrogen and oxygen atoms in total. The number of benzene rings is 2. The SMILES string of the molecule is CC(=NNc1cc(NN=C(C)c2ccc(Cl)cc2)ncn1)c1ccc(Cl)cc1. The molecule has 2 N–H and O–H groups in total. The van der Waals surface area contributed by atoms with Crippen LogP contribution in [0.3, 0.4) is 0 Å². The quantitative estimate of drug-likeness (QED) is 0.416. The minimum atomic E-state index is 0.546. The maximum Gasteiger partial charge on any atom is 0.151 e. The molecule has 0 atom stereocenters. The van der Waals surface area contributed by atoms with Crippen LogP contribution in [0.25, 0.3) is 0 Å². The van der Waals surface area contributed by atoms with E-state index in [0.717, 1.165) is 22.6 Å². The Morgan fingerprint density at radius 3 is 1.50 bits per heavy atom. The Kier molecular flexibility index (Phi) is 6.57. The average molecular weight is 413 g/mol. The fraction of sp³-hybridized carbons (Fsp3) is 0.100. The highest BCUT2D eigenvalue weighted by atomic mass is 35.5. The molecule has 0 aliphatic heterocycles. The van der Waals surface area contributed by atoms with Gasteiger partial charge in [-0.05, 0) is 49.2 Å². The fourth-order valence-corrected chi connectivity index (χ4v) is 2.53. The Hall–Kier alpha value is -2.96. The monoisotopic (exact) mass is 412 g/mol. The van der Waals surface area contributed by atoms with Crippen molar-refractivity contribution in [3.8, 4) is 0 Å². The van der Waals surface area contributed by atoms with E-state index >= 15 is 0 Å². The molecule has 0 saturated heterocycles. The summed E-state index contributed by atoms with van der Waals surface area (Å²) >= 11 is 11.8. The molecule has 3 aromatic rings. The highest BCUT2D eigenvalue weighted by molar-refractivity contribution is 6.31. The minimum Gasteiger partial charge on any atom is -0.261 e. The van der Waals surface area contributed by atoms with Crippen molar-refractivity contribution in [1.29, 1.82) is 0 Å². The average Bonchev–Trinajstić information content (AvgIpc) is 2.71. The first-order valence-corrected chi connectivity index (χ1v) is 9.21. The van der Waals surface area contributed by atoms with Gasteiger partial charge < -0.3 is 0 Å². The Balaban J connectivity index is 1.66. The number of anilines is 2. The van der Waals surface area contributed by atoms with Gasteiger partial charge in [-0.1, -0.05) is 47.5 Å². The molecule has 0 amide bonds. The van der Waals surface area contributed by atoms with E-state index in [2.05, 4.69) is 31.0 Å². The lowest BCUT2D eigenvalue weighted by atomic mass is 10.1. The first-order chi connectivity index (χ1) is 13.5. The molecule has 2 aromatic carbocycles. The molecule has 3 rings (SSSR count). The Morgan fingerprint density at radius 1 is 0.714 bits per heavy atom. The van der Waals surface area contributed by atoms with Crippen LogP contribution < -0.4 is 10.9 Å². The molecule has 0 fully saturated rings. The van der Waals surface area contributed by atoms with E-state index in [1.807, 2.05) is 62.4 Å². The van der Waals surface area contributed by atoms with Gasteiger partial charge in [-0.25, -0.2) is 9.97 Å². The van der Waals surface area contributed by atoms with Gasteiger partial charge in [0.05, 0.1) is 11.4 Å². The van der Waals surface area contributed by atoms with Crippen LogP contribution in [-0.4, -0.2) is 21.4 Å². The maximum atomic E-state index is 5.91. The lowest BCUT2D eigenvalue weighted by Crippen LogP contribution is -2.03. The number of nitrogens with one attached hydrogen (secondary N) is 2. The zero-order valence-corrected chi connectivity index (χ0v) is 16.8. The second kappa shape index (κ2) is 9.30. The largest absolute Gasteiger partial charge is 0.261 e. The van der Waals surface area contributed by atoms with Crippen molar-refractivity contribution >= 4 is 46.3 Å². The molecule has 0 aliphatic carbocycles. The van der Waals surface area contributed by atoms with Crippen LogP contribution in [0.5, 0.6) is 0 Å². The number of hydrogen-bond donors (Lipinski definition) is 2. The summed E-state index contributed by atoms with van der Waals surface area (Å²) in [5.41, 5.74) is 9.39. The van der Waals surface area contributed by atoms with Gasteiger partial charge in [0.25, 0.3) is 0 Å². The summed E-state index contributed by atoms with van der Waals surface area (Å²) in [6.07, 6.45) is 1.44. The van der Waals surface area contributed by atoms with Crippen molar-refractivity contribution < 1.29 is 0 Å². The molecule has 1 aromatic heterocycles. The van der Waals surface area contributed by atoms with Crippen LogP contribution >= 0.6 is 23.2 Å². The number of halogens is 2. The topological polar surface area (TPSA) is 74.6 Å². The lowest BCUT2D eigenvalue weighted by molar-refractivity contribution is 1.11. The summed E-state index contributed by atoms with van der Waals surface area (Å²) in [6, 6.07) is 16.6. The van der Waals surface area contributed by atoms with Gasteiger partial charge in [0, 0.05) is 16.1 Å². The summed E-state index contributed by atoms with van der Waals surface area (Å²) in [6.45, 7) is 3.80. The highest BCUT2D eigenvalue weighted by Crippen LogP contribution is 2.13. The van der Waals surface area contributed by atoms with Gasteiger partial charge >= 0.3 is 0 Å². The number of rotatable bonds is 6. The van der Waals surface area contributed by atoms with Crippen LogP contribution in [-0.2, 0) is 0 Å². The predicted molar refractivity (Wildman–Crippen MR) is 117 cm³/mol. The summed E-state index contributed by atoms with van der Waals surface area (Å²) in [5, 5.41) is 10.1. The van der Waals surface area contributed by atoms with Crippen molar-refractivity contribution in [3.05, 3.63) is 82.1 Å². The molecule has 142 valence electrons. The van der Waals surface area contributed by atoms with Crippen LogP contribution in [0.4, 0.5) is 11.6 Å². The normalized spacial score (nSPS) is 12.0. The van der Waals surface area contributed by atoms with E-state index in [0.29, 0.717) is 21.7 Å². The van der Waals surface area contributed by atoms with Gasteiger partial charge in [-0.2, -0.15) is 10.2 Å². The third-order valence-electron chi connectivity index (χ3n) is 3.87. The fourth-order valence-electron chi connectivity index (χ4n) is 2.27. The first-order valence-electron chi connectivity index (χ1n) is 8.46. The Labute approximate surface area is 173 Å². The van der Waals surface area contributed by atoms with Gasteiger partial charge in [-0.15, -0.1) is 0 Å². The van der Waals surface area contributed by atoms with Crippen molar-refractivity contribution in [3.63, 3.8) is 0 Å². The molecular weight excluding hydrogens is 395 g/mol. The summed E-state index contributed by atoms with van der Waals surface area (Å²) in [4.78, 5) is 8.32. The van der Waals surface area contributed by atoms with Crippen LogP contribution in [0, 0.1) is 0 Å². The lowest BCUT2D eigenvalue weighted by Gasteiger charge is -2.06. The van der Waals surface area contributed by atoms with Crippen molar-refractivity contribution in [2.45, 2.75) is 13.8 Å². The summed E-state index contributed by atoms with van der Waals surface area (Å²) < 4.78 is 0. The molecule has 1 heterocycles. The van der Waals surface area contributed by atoms with E-state index in [1.165, 1.54) is 6.33 Å². The molecule has 28 heavy (non-hydrogen) atoms. The van der Waals surface area contributed by atoms with Crippen molar-refractivity contribution in [2.24, 2.45) is 10.2 Å². The van der Waals surface area contributed by atoms with Crippen molar-refractivity contribution in [1.82, 2.24) is 9.97 Å². The second-order valence-electron chi connectivity index (χ2n) is 5.92. The molecule has 0 bridgehead atoms. The molecule has 0 spiro atoms. The Bertz CT molecular complexity index is 919. The number of hydrogen-bond acceptors (Lipinski definition) is 6. The number of aromatic nitrogens is 2. The second-order valence-corrected chi connectivity index (χ2v) is 6.79. The molecule has 0 unspecified atom stereocenters.